The molecule has 0 aliphatic carbocycles. The van der Waals surface area contributed by atoms with E-state index in [0.717, 1.165) is 10.3 Å². The first-order valence-electron chi connectivity index (χ1n) is 8.36. The molecule has 2 heterocycles. The lowest BCUT2D eigenvalue weighted by atomic mass is 9.94. The highest BCUT2D eigenvalue weighted by molar-refractivity contribution is 7.89. The summed E-state index contributed by atoms with van der Waals surface area (Å²) in [7, 11) is -4.09. The van der Waals surface area contributed by atoms with Gasteiger partial charge in [0.25, 0.3) is 0 Å². The average molecular weight is 422 g/mol. The minimum Gasteiger partial charge on any atom is -0.396 e. The van der Waals surface area contributed by atoms with Crippen molar-refractivity contribution in [2.45, 2.75) is 17.5 Å². The van der Waals surface area contributed by atoms with Gasteiger partial charge in [-0.2, -0.15) is 11.1 Å². The average Bonchev–Trinajstić information content (AvgIpc) is 3.28. The van der Waals surface area contributed by atoms with Crippen LogP contribution < -0.4 is 32.8 Å². The molecule has 1 fully saturated rings. The second kappa shape index (κ2) is 7.35. The number of thiazole rings is 1. The van der Waals surface area contributed by atoms with Crippen LogP contribution in [0.25, 0.3) is 21.3 Å². The predicted molar refractivity (Wildman–Crippen MR) is 107 cm³/mol. The van der Waals surface area contributed by atoms with Crippen molar-refractivity contribution in [3.8, 4) is 11.1 Å². The number of primary sulfonamides is 1. The molecular formula is C16H19N7O3S2. The zero-order chi connectivity index (χ0) is 19.9. The van der Waals surface area contributed by atoms with Gasteiger partial charge >= 0.3 is 0 Å². The number of hydrazine groups is 3. The number of nitrogens with one attached hydrogen (secondary N) is 4. The molecule has 0 unspecified atom stereocenters. The Morgan fingerprint density at radius 1 is 1.14 bits per heavy atom. The van der Waals surface area contributed by atoms with Crippen molar-refractivity contribution in [1.29, 1.82) is 0 Å². The summed E-state index contributed by atoms with van der Waals surface area (Å²) in [5.41, 5.74) is 20.0. The first kappa shape index (κ1) is 19.2. The summed E-state index contributed by atoms with van der Waals surface area (Å²) in [6.45, 7) is -0.207. The maximum atomic E-state index is 12.5. The Kier molecular flexibility index (Phi) is 5.03. The number of anilines is 1. The number of nitrogen functional groups attached to an aromatic ring is 1. The summed E-state index contributed by atoms with van der Waals surface area (Å²) in [5, 5.41) is 15.4. The van der Waals surface area contributed by atoms with E-state index in [1.165, 1.54) is 11.3 Å². The Labute approximate surface area is 164 Å². The quantitative estimate of drug-likeness (QED) is 0.296. The third-order valence-electron chi connectivity index (χ3n) is 4.45. The molecular weight excluding hydrogens is 402 g/mol. The Bertz CT molecular complexity index is 1140. The largest absolute Gasteiger partial charge is 0.396 e. The summed E-state index contributed by atoms with van der Waals surface area (Å²) in [6, 6.07) is 9.10. The lowest BCUT2D eigenvalue weighted by Gasteiger charge is -2.21. The molecule has 0 spiro atoms. The third-order valence-corrected chi connectivity index (χ3v) is 6.35. The molecule has 4 rings (SSSR count). The van der Waals surface area contributed by atoms with E-state index >= 15 is 0 Å². The van der Waals surface area contributed by atoms with E-state index < -0.39 is 16.2 Å². The van der Waals surface area contributed by atoms with Crippen LogP contribution in [0.15, 0.2) is 35.2 Å². The molecule has 148 valence electrons. The molecule has 3 aromatic rings. The highest BCUT2D eigenvalue weighted by atomic mass is 32.2. The molecule has 0 atom stereocenters. The molecule has 12 heteroatoms. The molecule has 0 radical (unpaired) electrons. The molecule has 0 bridgehead atoms. The summed E-state index contributed by atoms with van der Waals surface area (Å²) in [4.78, 5) is 4.38. The monoisotopic (exact) mass is 421 g/mol. The number of aromatic nitrogens is 1. The number of para-hydroxylation sites is 1. The van der Waals surface area contributed by atoms with Crippen molar-refractivity contribution < 1.29 is 13.5 Å². The van der Waals surface area contributed by atoms with Crippen molar-refractivity contribution in [2.75, 3.05) is 12.3 Å². The molecule has 1 aliphatic rings. The molecule has 0 saturated carbocycles. The number of fused-ring (bicyclic) bond motifs is 1. The van der Waals surface area contributed by atoms with Crippen molar-refractivity contribution in [3.05, 3.63) is 41.5 Å². The lowest BCUT2D eigenvalue weighted by molar-refractivity contribution is 0.298. The molecule has 1 aromatic heterocycles. The SMILES string of the molecule is Nc1nc2c(-c3ccc(CCO)c(S(N)(=O)=O)c3C3NNNN3)cccc2s1. The Hall–Kier alpha value is -2.16. The van der Waals surface area contributed by atoms with E-state index in [0.29, 0.717) is 27.3 Å². The van der Waals surface area contributed by atoms with E-state index in [1.807, 2.05) is 18.2 Å². The zero-order valence-electron chi connectivity index (χ0n) is 14.6. The maximum Gasteiger partial charge on any atom is 0.238 e. The predicted octanol–water partition coefficient (Wildman–Crippen LogP) is -0.157. The lowest BCUT2D eigenvalue weighted by Crippen LogP contribution is -2.33. The normalized spacial score (nSPS) is 15.5. The Balaban J connectivity index is 2.07. The molecule has 10 nitrogen and oxygen atoms in total. The van der Waals surface area contributed by atoms with E-state index in [2.05, 4.69) is 26.9 Å². The molecule has 1 aliphatic heterocycles. The number of nitrogens with two attached hydrogens (primary N) is 2. The van der Waals surface area contributed by atoms with Crippen molar-refractivity contribution in [3.63, 3.8) is 0 Å². The van der Waals surface area contributed by atoms with Gasteiger partial charge < -0.3 is 10.8 Å². The Morgan fingerprint density at radius 2 is 1.89 bits per heavy atom. The van der Waals surface area contributed by atoms with Gasteiger partial charge in [-0.3, -0.25) is 0 Å². The van der Waals surface area contributed by atoms with Crippen LogP contribution in [-0.4, -0.2) is 25.1 Å². The van der Waals surface area contributed by atoms with Crippen molar-refractivity contribution in [2.24, 2.45) is 5.14 Å². The summed E-state index contributed by atoms with van der Waals surface area (Å²) >= 11 is 1.35. The van der Waals surface area contributed by atoms with Crippen LogP contribution in [-0.2, 0) is 16.4 Å². The van der Waals surface area contributed by atoms with Gasteiger partial charge in [-0.05, 0) is 23.6 Å². The number of benzene rings is 2. The van der Waals surface area contributed by atoms with Gasteiger partial charge in [0.1, 0.15) is 6.17 Å². The summed E-state index contributed by atoms with van der Waals surface area (Å²) in [5.74, 6) is 0. The number of aliphatic hydroxyl groups is 1. The van der Waals surface area contributed by atoms with Crippen LogP contribution in [0.2, 0.25) is 0 Å². The molecule has 0 amide bonds. The number of hydrogen-bond acceptors (Lipinski definition) is 10. The fourth-order valence-corrected chi connectivity index (χ4v) is 5.23. The highest BCUT2D eigenvalue weighted by Crippen LogP contribution is 2.39. The van der Waals surface area contributed by atoms with Crippen LogP contribution in [0.4, 0.5) is 5.13 Å². The molecule has 28 heavy (non-hydrogen) atoms. The minimum atomic E-state index is -4.09. The van der Waals surface area contributed by atoms with E-state index in [4.69, 9.17) is 10.9 Å². The summed E-state index contributed by atoms with van der Waals surface area (Å²) < 4.78 is 25.9. The van der Waals surface area contributed by atoms with Crippen LogP contribution in [0.1, 0.15) is 17.3 Å². The first-order chi connectivity index (χ1) is 13.4. The second-order valence-corrected chi connectivity index (χ2v) is 8.77. The van der Waals surface area contributed by atoms with Gasteiger partial charge in [0.15, 0.2) is 5.13 Å². The Morgan fingerprint density at radius 3 is 2.57 bits per heavy atom. The highest BCUT2D eigenvalue weighted by Gasteiger charge is 2.30. The maximum absolute atomic E-state index is 12.5. The minimum absolute atomic E-state index is 0.0326. The van der Waals surface area contributed by atoms with E-state index in [9.17, 15) is 13.5 Å². The van der Waals surface area contributed by atoms with Gasteiger partial charge in [0, 0.05) is 17.7 Å². The number of nitrogens with zero attached hydrogens (tertiary/aromatic N) is 1. The fourth-order valence-electron chi connectivity index (χ4n) is 3.40. The molecule has 1 saturated heterocycles. The van der Waals surface area contributed by atoms with Crippen LogP contribution >= 0.6 is 11.3 Å². The number of rotatable bonds is 5. The zero-order valence-corrected chi connectivity index (χ0v) is 16.2. The van der Waals surface area contributed by atoms with Crippen LogP contribution in [0, 0.1) is 0 Å². The molecule has 2 aromatic carbocycles. The van der Waals surface area contributed by atoms with Crippen LogP contribution in [0.5, 0.6) is 0 Å². The van der Waals surface area contributed by atoms with Gasteiger partial charge in [0.2, 0.25) is 10.0 Å². The standard InChI is InChI=1S/C16H19N7O3S2/c17-16-19-13-10(2-1-3-11(13)27-16)9-5-4-8(6-7-24)14(28(18,25)26)12(9)15-20-22-23-21-15/h1-5,15,20-24H,6-7H2,(H2,17,19)(H2,18,25,26). The number of sulfonamides is 1. The topological polar surface area (TPSA) is 167 Å². The van der Waals surface area contributed by atoms with Gasteiger partial charge in [-0.1, -0.05) is 35.6 Å². The molecule has 9 N–H and O–H groups in total. The van der Waals surface area contributed by atoms with E-state index in [-0.39, 0.29) is 17.9 Å². The smallest absolute Gasteiger partial charge is 0.238 e. The fraction of sp³-hybridized carbons (Fsp3) is 0.188. The third kappa shape index (κ3) is 3.36. The van der Waals surface area contributed by atoms with E-state index in [1.54, 1.807) is 12.1 Å². The van der Waals surface area contributed by atoms with Crippen molar-refractivity contribution >= 4 is 36.7 Å². The number of hydrogen-bond donors (Lipinski definition) is 7. The van der Waals surface area contributed by atoms with Gasteiger partial charge in [-0.25, -0.2) is 29.4 Å². The van der Waals surface area contributed by atoms with Gasteiger partial charge in [-0.15, -0.1) is 0 Å². The van der Waals surface area contributed by atoms with Crippen molar-refractivity contribution in [1.82, 2.24) is 26.9 Å². The van der Waals surface area contributed by atoms with Gasteiger partial charge in [0.05, 0.1) is 15.1 Å². The second-order valence-electron chi connectivity index (χ2n) is 6.21. The number of aliphatic hydroxyl groups excluding tert-OH is 1. The van der Waals surface area contributed by atoms with Crippen LogP contribution in [0.3, 0.4) is 0 Å². The summed E-state index contributed by atoms with van der Waals surface area (Å²) in [6.07, 6.45) is -0.450. The first-order valence-corrected chi connectivity index (χ1v) is 10.7.